The zero-order valence-corrected chi connectivity index (χ0v) is 23.2. The number of para-hydroxylation sites is 1. The molecule has 3 fully saturated rings. The number of ether oxygens (including phenoxy) is 1. The Hall–Kier alpha value is -2.94. The molecule has 0 radical (unpaired) electrons. The van der Waals surface area contributed by atoms with Crippen LogP contribution >= 0.6 is 11.6 Å². The first-order valence-electron chi connectivity index (χ1n) is 13.7. The van der Waals surface area contributed by atoms with E-state index >= 15 is 0 Å². The van der Waals surface area contributed by atoms with Crippen molar-refractivity contribution < 1.29 is 24.2 Å². The van der Waals surface area contributed by atoms with E-state index in [9.17, 15) is 19.5 Å². The highest BCUT2D eigenvalue weighted by Gasteiger charge is 2.77. The smallest absolute Gasteiger partial charge is 0.250 e. The first-order chi connectivity index (χ1) is 18.7. The number of likely N-dealkylation sites (tertiary alicyclic amines) is 1. The largest absolute Gasteiger partial charge is 0.396 e. The first kappa shape index (κ1) is 27.6. The number of anilines is 1. The Balaban J connectivity index is 1.45. The van der Waals surface area contributed by atoms with E-state index < -0.39 is 29.1 Å². The molecule has 2 unspecified atom stereocenters. The lowest BCUT2D eigenvalue weighted by Crippen LogP contribution is -2.53. The molecule has 1 spiro atoms. The van der Waals surface area contributed by atoms with Crippen molar-refractivity contribution in [2.45, 2.75) is 69.7 Å². The highest BCUT2D eigenvalue weighted by molar-refractivity contribution is 6.34. The molecule has 3 amide bonds. The number of hydrogen-bond acceptors (Lipinski definition) is 5. The molecule has 2 bridgehead atoms. The second kappa shape index (κ2) is 10.9. The van der Waals surface area contributed by atoms with Gasteiger partial charge < -0.3 is 25.4 Å². The van der Waals surface area contributed by atoms with Crippen LogP contribution in [0, 0.1) is 18.8 Å². The fraction of sp³-hybridized carbons (Fsp3) is 0.500. The monoisotopic (exact) mass is 553 g/mol. The molecule has 0 aromatic heterocycles. The van der Waals surface area contributed by atoms with Gasteiger partial charge in [0.15, 0.2) is 0 Å². The molecule has 3 N–H and O–H groups in total. The quantitative estimate of drug-likeness (QED) is 0.388. The Labute approximate surface area is 234 Å². The molecule has 0 saturated carbocycles. The molecule has 2 aromatic rings. The number of halogens is 1. The number of hydrogen-bond donors (Lipinski definition) is 3. The summed E-state index contributed by atoms with van der Waals surface area (Å²) in [6, 6.07) is 14.1. The summed E-state index contributed by atoms with van der Waals surface area (Å²) in [6.45, 7) is 4.51. The number of aliphatic hydroxyl groups excluding tert-OH is 1. The molecule has 208 valence electrons. The summed E-state index contributed by atoms with van der Waals surface area (Å²) < 4.78 is 6.66. The second-order valence-corrected chi connectivity index (χ2v) is 11.6. The number of fused-ring (bicyclic) bond motifs is 1. The number of aliphatic hydroxyl groups is 1. The lowest BCUT2D eigenvalue weighted by molar-refractivity contribution is -0.144. The average Bonchev–Trinajstić information content (AvgIpc) is 3.48. The van der Waals surface area contributed by atoms with Gasteiger partial charge in [-0.05, 0) is 63.1 Å². The van der Waals surface area contributed by atoms with Crippen LogP contribution in [0.15, 0.2) is 48.5 Å². The fourth-order valence-corrected chi connectivity index (χ4v) is 7.08. The van der Waals surface area contributed by atoms with E-state index in [0.29, 0.717) is 49.5 Å². The highest BCUT2D eigenvalue weighted by atomic mass is 35.5. The minimum absolute atomic E-state index is 0.0708. The van der Waals surface area contributed by atoms with Gasteiger partial charge in [0.25, 0.3) is 0 Å². The Morgan fingerprint density at radius 3 is 2.56 bits per heavy atom. The van der Waals surface area contributed by atoms with Gasteiger partial charge >= 0.3 is 0 Å². The number of nitrogens with one attached hydrogen (secondary N) is 2. The van der Waals surface area contributed by atoms with Crippen molar-refractivity contribution in [1.82, 2.24) is 10.2 Å². The number of carbonyl (C=O) groups is 3. The minimum atomic E-state index is -1.10. The molecular formula is C30H36ClN3O5. The molecule has 39 heavy (non-hydrogen) atoms. The Bertz CT molecular complexity index is 1240. The van der Waals surface area contributed by atoms with Crippen molar-refractivity contribution in [3.8, 4) is 0 Å². The maximum atomic E-state index is 14.1. The minimum Gasteiger partial charge on any atom is -0.396 e. The van der Waals surface area contributed by atoms with E-state index in [1.165, 1.54) is 0 Å². The van der Waals surface area contributed by atoms with E-state index in [-0.39, 0.29) is 24.3 Å². The van der Waals surface area contributed by atoms with Gasteiger partial charge in [0.1, 0.15) is 11.6 Å². The van der Waals surface area contributed by atoms with Crippen LogP contribution in [0.25, 0.3) is 0 Å². The molecule has 3 aliphatic heterocycles. The number of aryl methyl sites for hydroxylation is 1. The van der Waals surface area contributed by atoms with Crippen molar-refractivity contribution in [1.29, 1.82) is 0 Å². The molecular weight excluding hydrogens is 518 g/mol. The Morgan fingerprint density at radius 2 is 1.85 bits per heavy atom. The molecule has 9 heteroatoms. The Kier molecular flexibility index (Phi) is 7.73. The fourth-order valence-electron chi connectivity index (χ4n) is 6.82. The number of unbranched alkanes of at least 4 members (excludes halogenated alkanes) is 2. The van der Waals surface area contributed by atoms with Crippen LogP contribution in [-0.4, -0.2) is 58.1 Å². The first-order valence-corrected chi connectivity index (χ1v) is 14.1. The van der Waals surface area contributed by atoms with Gasteiger partial charge in [0, 0.05) is 19.7 Å². The topological polar surface area (TPSA) is 108 Å². The average molecular weight is 554 g/mol. The third-order valence-electron chi connectivity index (χ3n) is 8.64. The SMILES string of the molecule is Cc1cccc(Cl)c1NC(=O)C1N(CCCCCO)C(=O)[C@@H]2[C@@H](C(=O)NCc3ccccc3)[C@@]3(C)CCC12O3. The van der Waals surface area contributed by atoms with Crippen LogP contribution in [0.5, 0.6) is 0 Å². The summed E-state index contributed by atoms with van der Waals surface area (Å²) in [5.41, 5.74) is 0.336. The number of nitrogens with zero attached hydrogens (tertiary/aromatic N) is 1. The van der Waals surface area contributed by atoms with Crippen LogP contribution in [0.4, 0.5) is 5.69 Å². The third kappa shape index (κ3) is 4.83. The van der Waals surface area contributed by atoms with Gasteiger partial charge in [-0.2, -0.15) is 0 Å². The van der Waals surface area contributed by atoms with Gasteiger partial charge in [-0.1, -0.05) is 54.1 Å². The lowest BCUT2D eigenvalue weighted by Gasteiger charge is -2.33. The predicted octanol–water partition coefficient (Wildman–Crippen LogP) is 3.83. The van der Waals surface area contributed by atoms with Gasteiger partial charge in [0.2, 0.25) is 17.7 Å². The standard InChI is InChI=1S/C30H36ClN3O5/c1-19-10-9-13-21(31)24(19)33-27(37)25-30-15-14-29(2,39-30)22(26(36)32-18-20-11-5-3-6-12-20)23(30)28(38)34(25)16-7-4-8-17-35/h3,5-6,9-13,22-23,25,35H,4,7-8,14-18H2,1-2H3,(H,32,36)(H,33,37)/t22-,23-,25?,29+,30?/m0/s1. The van der Waals surface area contributed by atoms with Crippen LogP contribution in [0.2, 0.25) is 5.02 Å². The predicted molar refractivity (Wildman–Crippen MR) is 148 cm³/mol. The molecule has 0 aliphatic carbocycles. The van der Waals surface area contributed by atoms with Crippen LogP contribution in [0.3, 0.4) is 0 Å². The number of benzene rings is 2. The van der Waals surface area contributed by atoms with Crippen molar-refractivity contribution in [3.63, 3.8) is 0 Å². The summed E-state index contributed by atoms with van der Waals surface area (Å²) in [5, 5.41) is 15.6. The molecule has 2 aromatic carbocycles. The molecule has 3 heterocycles. The van der Waals surface area contributed by atoms with Gasteiger partial charge in [0.05, 0.1) is 28.1 Å². The second-order valence-electron chi connectivity index (χ2n) is 11.2. The summed E-state index contributed by atoms with van der Waals surface area (Å²) in [5.74, 6) is -2.28. The maximum absolute atomic E-state index is 14.1. The van der Waals surface area contributed by atoms with Gasteiger partial charge in [-0.25, -0.2) is 0 Å². The summed E-state index contributed by atoms with van der Waals surface area (Å²) in [7, 11) is 0. The van der Waals surface area contributed by atoms with Gasteiger partial charge in [-0.3, -0.25) is 14.4 Å². The van der Waals surface area contributed by atoms with E-state index in [2.05, 4.69) is 10.6 Å². The van der Waals surface area contributed by atoms with Crippen molar-refractivity contribution in [3.05, 3.63) is 64.7 Å². The lowest BCUT2D eigenvalue weighted by atomic mass is 9.66. The van der Waals surface area contributed by atoms with E-state index in [0.717, 1.165) is 17.5 Å². The third-order valence-corrected chi connectivity index (χ3v) is 8.96. The summed E-state index contributed by atoms with van der Waals surface area (Å²) >= 11 is 6.42. The van der Waals surface area contributed by atoms with Crippen LogP contribution in [0.1, 0.15) is 50.2 Å². The number of rotatable bonds is 10. The molecule has 5 rings (SSSR count). The Morgan fingerprint density at radius 1 is 1.08 bits per heavy atom. The summed E-state index contributed by atoms with van der Waals surface area (Å²) in [6.07, 6.45) is 3.05. The van der Waals surface area contributed by atoms with Crippen LogP contribution < -0.4 is 10.6 Å². The molecule has 3 saturated heterocycles. The molecule has 8 nitrogen and oxygen atoms in total. The maximum Gasteiger partial charge on any atom is 0.250 e. The van der Waals surface area contributed by atoms with E-state index in [4.69, 9.17) is 16.3 Å². The van der Waals surface area contributed by atoms with Crippen molar-refractivity contribution >= 4 is 35.0 Å². The zero-order valence-electron chi connectivity index (χ0n) is 22.4. The molecule has 5 atom stereocenters. The zero-order chi connectivity index (χ0) is 27.8. The van der Waals surface area contributed by atoms with E-state index in [1.807, 2.05) is 56.3 Å². The van der Waals surface area contributed by atoms with Crippen molar-refractivity contribution in [2.24, 2.45) is 11.8 Å². The number of amides is 3. The number of carbonyl (C=O) groups excluding carboxylic acids is 3. The van der Waals surface area contributed by atoms with Crippen LogP contribution in [-0.2, 0) is 25.7 Å². The highest BCUT2D eigenvalue weighted by Crippen LogP contribution is 2.63. The van der Waals surface area contributed by atoms with E-state index in [1.54, 1.807) is 11.0 Å². The summed E-state index contributed by atoms with van der Waals surface area (Å²) in [4.78, 5) is 43.3. The van der Waals surface area contributed by atoms with Crippen molar-refractivity contribution in [2.75, 3.05) is 18.5 Å². The molecule has 3 aliphatic rings. The van der Waals surface area contributed by atoms with Gasteiger partial charge in [-0.15, -0.1) is 0 Å². The normalized spacial score (nSPS) is 29.0.